The molecule has 1 aromatic rings. The first kappa shape index (κ1) is 13.9. The lowest BCUT2D eigenvalue weighted by molar-refractivity contribution is -0.0506. The Hall–Kier alpha value is -2.20. The first-order valence-electron chi connectivity index (χ1n) is 4.75. The molecule has 0 bridgehead atoms. The summed E-state index contributed by atoms with van der Waals surface area (Å²) in [6.45, 7) is -3.74. The van der Waals surface area contributed by atoms with E-state index < -0.39 is 24.9 Å². The van der Waals surface area contributed by atoms with Crippen LogP contribution in [0.2, 0.25) is 0 Å². The molecule has 0 saturated carbocycles. The molecule has 0 radical (unpaired) electrons. The van der Waals surface area contributed by atoms with Gasteiger partial charge in [0.2, 0.25) is 0 Å². The van der Waals surface area contributed by atoms with E-state index >= 15 is 0 Å². The lowest BCUT2D eigenvalue weighted by Gasteiger charge is -2.13. The predicted octanol–water partition coefficient (Wildman–Crippen LogP) is 1.44. The Balaban J connectivity index is 3.44. The van der Waals surface area contributed by atoms with Crippen LogP contribution < -0.4 is 4.74 Å². The SMILES string of the molecule is COC(=O)c1ccc(CO)c(C#N)c1OC(F)F. The normalized spacial score (nSPS) is 10.0. The molecule has 5 nitrogen and oxygen atoms in total. The zero-order chi connectivity index (χ0) is 13.7. The number of hydrogen-bond acceptors (Lipinski definition) is 5. The lowest BCUT2D eigenvalue weighted by Crippen LogP contribution is -2.12. The van der Waals surface area contributed by atoms with Crippen LogP contribution in [0, 0.1) is 11.3 Å². The van der Waals surface area contributed by atoms with Crippen molar-refractivity contribution in [3.05, 3.63) is 28.8 Å². The third-order valence-corrected chi connectivity index (χ3v) is 2.14. The van der Waals surface area contributed by atoms with Crippen LogP contribution in [-0.4, -0.2) is 24.8 Å². The lowest BCUT2D eigenvalue weighted by atomic mass is 10.0. The molecule has 7 heteroatoms. The number of methoxy groups -OCH3 is 1. The molecule has 0 fully saturated rings. The van der Waals surface area contributed by atoms with E-state index in [-0.39, 0.29) is 16.7 Å². The molecule has 0 atom stereocenters. The molecule has 96 valence electrons. The summed E-state index contributed by atoms with van der Waals surface area (Å²) in [5, 5.41) is 17.9. The molecule has 0 spiro atoms. The van der Waals surface area contributed by atoms with Gasteiger partial charge in [-0.05, 0) is 11.6 Å². The highest BCUT2D eigenvalue weighted by molar-refractivity contribution is 5.93. The molecule has 1 aromatic carbocycles. The number of carbonyl (C=O) groups excluding carboxylic acids is 1. The molecule has 0 saturated heterocycles. The Morgan fingerprint density at radius 1 is 1.56 bits per heavy atom. The van der Waals surface area contributed by atoms with Crippen molar-refractivity contribution < 1.29 is 28.2 Å². The molecular weight excluding hydrogens is 248 g/mol. The van der Waals surface area contributed by atoms with Crippen molar-refractivity contribution in [2.24, 2.45) is 0 Å². The Morgan fingerprint density at radius 3 is 2.67 bits per heavy atom. The number of alkyl halides is 2. The summed E-state index contributed by atoms with van der Waals surface area (Å²) in [5.41, 5.74) is -0.534. The van der Waals surface area contributed by atoms with E-state index in [0.717, 1.165) is 13.2 Å². The predicted molar refractivity (Wildman–Crippen MR) is 55.1 cm³/mol. The maximum atomic E-state index is 12.3. The van der Waals surface area contributed by atoms with Gasteiger partial charge in [0.25, 0.3) is 0 Å². The Morgan fingerprint density at radius 2 is 2.22 bits per heavy atom. The summed E-state index contributed by atoms with van der Waals surface area (Å²) in [6, 6.07) is 4.03. The highest BCUT2D eigenvalue weighted by Crippen LogP contribution is 2.29. The number of nitriles is 1. The highest BCUT2D eigenvalue weighted by atomic mass is 19.3. The van der Waals surface area contributed by atoms with Crippen LogP contribution in [0.1, 0.15) is 21.5 Å². The molecule has 0 aliphatic carbocycles. The summed E-state index contributed by atoms with van der Waals surface area (Å²) >= 11 is 0. The van der Waals surface area contributed by atoms with Crippen LogP contribution in [0.25, 0.3) is 0 Å². The summed E-state index contributed by atoms with van der Waals surface area (Å²) in [4.78, 5) is 11.4. The van der Waals surface area contributed by atoms with E-state index in [2.05, 4.69) is 9.47 Å². The molecule has 0 amide bonds. The van der Waals surface area contributed by atoms with E-state index in [1.807, 2.05) is 0 Å². The van der Waals surface area contributed by atoms with Gasteiger partial charge in [-0.2, -0.15) is 14.0 Å². The van der Waals surface area contributed by atoms with Crippen molar-refractivity contribution in [2.75, 3.05) is 7.11 Å². The maximum absolute atomic E-state index is 12.3. The number of ether oxygens (including phenoxy) is 2. The highest BCUT2D eigenvalue weighted by Gasteiger charge is 2.22. The molecule has 0 aliphatic rings. The van der Waals surface area contributed by atoms with Gasteiger partial charge in [0.05, 0.1) is 13.7 Å². The number of halogens is 2. The number of rotatable bonds is 4. The van der Waals surface area contributed by atoms with Crippen molar-refractivity contribution in [1.29, 1.82) is 5.26 Å². The van der Waals surface area contributed by atoms with Gasteiger partial charge < -0.3 is 14.6 Å². The fourth-order valence-electron chi connectivity index (χ4n) is 1.36. The smallest absolute Gasteiger partial charge is 0.387 e. The number of aliphatic hydroxyl groups excluding tert-OH is 1. The molecule has 0 heterocycles. The second kappa shape index (κ2) is 5.93. The molecule has 0 unspecified atom stereocenters. The van der Waals surface area contributed by atoms with Crippen LogP contribution in [0.15, 0.2) is 12.1 Å². The standard InChI is InChI=1S/C11H9F2NO4/c1-17-10(16)7-3-2-6(5-15)8(4-14)9(7)18-11(12)13/h2-3,11,15H,5H2,1H3. The first-order valence-corrected chi connectivity index (χ1v) is 4.75. The monoisotopic (exact) mass is 257 g/mol. The van der Waals surface area contributed by atoms with E-state index in [0.29, 0.717) is 0 Å². The minimum absolute atomic E-state index is 0.0841. The zero-order valence-electron chi connectivity index (χ0n) is 9.31. The molecule has 0 aromatic heterocycles. The van der Waals surface area contributed by atoms with Gasteiger partial charge in [0, 0.05) is 0 Å². The molecule has 1 rings (SSSR count). The Labute approximate surface area is 101 Å². The second-order valence-electron chi connectivity index (χ2n) is 3.12. The van der Waals surface area contributed by atoms with Crippen LogP contribution >= 0.6 is 0 Å². The summed E-state index contributed by atoms with van der Waals surface area (Å²) in [7, 11) is 1.07. The Bertz CT molecular complexity index is 497. The Kier molecular flexibility index (Phi) is 4.57. The number of nitrogens with zero attached hydrogens (tertiary/aromatic N) is 1. The van der Waals surface area contributed by atoms with Crippen LogP contribution in [0.5, 0.6) is 5.75 Å². The summed E-state index contributed by atoms with van der Waals surface area (Å²) < 4.78 is 33.1. The van der Waals surface area contributed by atoms with Gasteiger partial charge in [-0.3, -0.25) is 0 Å². The third kappa shape index (κ3) is 2.73. The number of aliphatic hydroxyl groups is 1. The van der Waals surface area contributed by atoms with Gasteiger partial charge in [-0.15, -0.1) is 0 Å². The van der Waals surface area contributed by atoms with Gasteiger partial charge in [0.15, 0.2) is 5.75 Å². The fourth-order valence-corrected chi connectivity index (χ4v) is 1.36. The van der Waals surface area contributed by atoms with Gasteiger partial charge in [-0.1, -0.05) is 6.07 Å². The van der Waals surface area contributed by atoms with E-state index in [1.54, 1.807) is 6.07 Å². The van der Waals surface area contributed by atoms with Crippen molar-refractivity contribution >= 4 is 5.97 Å². The van der Waals surface area contributed by atoms with Crippen molar-refractivity contribution in [3.8, 4) is 11.8 Å². The fraction of sp³-hybridized carbons (Fsp3) is 0.273. The van der Waals surface area contributed by atoms with Crippen LogP contribution in [-0.2, 0) is 11.3 Å². The first-order chi connectivity index (χ1) is 8.54. The minimum atomic E-state index is -3.20. The zero-order valence-corrected chi connectivity index (χ0v) is 9.31. The van der Waals surface area contributed by atoms with E-state index in [4.69, 9.17) is 10.4 Å². The van der Waals surface area contributed by atoms with Gasteiger partial charge in [-0.25, -0.2) is 4.79 Å². The summed E-state index contributed by atoms with van der Waals surface area (Å²) in [5.74, 6) is -1.50. The van der Waals surface area contributed by atoms with Crippen molar-refractivity contribution in [2.45, 2.75) is 13.2 Å². The maximum Gasteiger partial charge on any atom is 0.387 e. The largest absolute Gasteiger partial charge is 0.465 e. The van der Waals surface area contributed by atoms with Gasteiger partial charge in [0.1, 0.15) is 17.2 Å². The molecule has 18 heavy (non-hydrogen) atoms. The van der Waals surface area contributed by atoms with E-state index in [1.165, 1.54) is 6.07 Å². The summed E-state index contributed by atoms with van der Waals surface area (Å²) in [6.07, 6.45) is 0. The number of benzene rings is 1. The number of hydrogen-bond donors (Lipinski definition) is 1. The van der Waals surface area contributed by atoms with Gasteiger partial charge >= 0.3 is 12.6 Å². The van der Waals surface area contributed by atoms with Crippen LogP contribution in [0.3, 0.4) is 0 Å². The number of carbonyl (C=O) groups is 1. The average molecular weight is 257 g/mol. The average Bonchev–Trinajstić information content (AvgIpc) is 2.36. The van der Waals surface area contributed by atoms with Crippen LogP contribution in [0.4, 0.5) is 8.78 Å². The third-order valence-electron chi connectivity index (χ3n) is 2.14. The van der Waals surface area contributed by atoms with Crippen molar-refractivity contribution in [3.63, 3.8) is 0 Å². The van der Waals surface area contributed by atoms with Crippen molar-refractivity contribution in [1.82, 2.24) is 0 Å². The number of esters is 1. The quantitative estimate of drug-likeness (QED) is 0.825. The molecular formula is C11H9F2NO4. The topological polar surface area (TPSA) is 79.5 Å². The molecule has 0 aliphatic heterocycles. The second-order valence-corrected chi connectivity index (χ2v) is 3.12. The minimum Gasteiger partial charge on any atom is -0.465 e. The molecule has 1 N–H and O–H groups in total. The van der Waals surface area contributed by atoms with E-state index in [9.17, 15) is 13.6 Å².